The predicted molar refractivity (Wildman–Crippen MR) is 120 cm³/mol. The molecule has 1 aliphatic rings. The predicted octanol–water partition coefficient (Wildman–Crippen LogP) is 5.28. The van der Waals surface area contributed by atoms with E-state index in [2.05, 4.69) is 19.2 Å². The molecule has 2 aromatic rings. The van der Waals surface area contributed by atoms with Crippen LogP contribution in [0.15, 0.2) is 48.2 Å². The third-order valence-corrected chi connectivity index (χ3v) is 5.29. The van der Waals surface area contributed by atoms with E-state index in [-0.39, 0.29) is 23.6 Å². The van der Waals surface area contributed by atoms with Crippen LogP contribution in [-0.4, -0.2) is 29.4 Å². The number of carbonyl (C=O) groups is 2. The Kier molecular flexibility index (Phi) is 6.52. The summed E-state index contributed by atoms with van der Waals surface area (Å²) in [6.45, 7) is 10.3. The zero-order chi connectivity index (χ0) is 22.0. The summed E-state index contributed by atoms with van der Waals surface area (Å²) >= 11 is 6.23. The zero-order valence-electron chi connectivity index (χ0n) is 18.0. The molecule has 1 heterocycles. The highest BCUT2D eigenvalue weighted by molar-refractivity contribution is 6.37. The zero-order valence-corrected chi connectivity index (χ0v) is 18.7. The van der Waals surface area contributed by atoms with Crippen LogP contribution in [0.5, 0.6) is 5.75 Å². The van der Waals surface area contributed by atoms with E-state index < -0.39 is 0 Å². The molecule has 0 aliphatic carbocycles. The quantitative estimate of drug-likeness (QED) is 0.611. The fourth-order valence-corrected chi connectivity index (χ4v) is 3.43. The number of ether oxygens (including phenoxy) is 1. The summed E-state index contributed by atoms with van der Waals surface area (Å²) in [5.41, 5.74) is 2.78. The van der Waals surface area contributed by atoms with Gasteiger partial charge in [0.15, 0.2) is 0 Å². The lowest BCUT2D eigenvalue weighted by atomic mass is 10.0. The molecule has 6 heteroatoms. The number of halogens is 1. The maximum Gasteiger partial charge on any atom is 0.278 e. The summed E-state index contributed by atoms with van der Waals surface area (Å²) in [6.07, 6.45) is 0. The Morgan fingerprint density at radius 1 is 1.00 bits per heavy atom. The second kappa shape index (κ2) is 8.92. The number of rotatable bonds is 7. The standard InChI is InChI=1S/C24H27ClN2O3/c1-14(2)13-30-18-11-9-17(10-12-18)21-22(24(29)27(15(3)4)23(21)28)26-20-8-6-7-19(25)16(20)5/h6-12,14-15,26H,13H2,1-5H3. The summed E-state index contributed by atoms with van der Waals surface area (Å²) in [5.74, 6) is 0.487. The molecule has 158 valence electrons. The lowest BCUT2D eigenvalue weighted by Crippen LogP contribution is -2.38. The number of carbonyl (C=O) groups excluding carboxylic acids is 2. The van der Waals surface area contributed by atoms with Crippen LogP contribution in [0.1, 0.15) is 38.8 Å². The number of imide groups is 1. The van der Waals surface area contributed by atoms with E-state index in [0.717, 1.165) is 11.3 Å². The van der Waals surface area contributed by atoms with Gasteiger partial charge in [-0.3, -0.25) is 14.5 Å². The van der Waals surface area contributed by atoms with Gasteiger partial charge in [-0.2, -0.15) is 0 Å². The Morgan fingerprint density at radius 2 is 1.67 bits per heavy atom. The number of benzene rings is 2. The van der Waals surface area contributed by atoms with Gasteiger partial charge in [-0.15, -0.1) is 0 Å². The molecule has 3 rings (SSSR count). The van der Waals surface area contributed by atoms with Crippen LogP contribution in [0.4, 0.5) is 5.69 Å². The Labute approximate surface area is 182 Å². The summed E-state index contributed by atoms with van der Waals surface area (Å²) < 4.78 is 5.74. The van der Waals surface area contributed by atoms with Gasteiger partial charge < -0.3 is 10.1 Å². The minimum absolute atomic E-state index is 0.256. The molecule has 2 amide bonds. The van der Waals surface area contributed by atoms with Crippen LogP contribution in [-0.2, 0) is 9.59 Å². The third-order valence-electron chi connectivity index (χ3n) is 4.89. The lowest BCUT2D eigenvalue weighted by Gasteiger charge is -2.19. The van der Waals surface area contributed by atoms with Crippen molar-refractivity contribution in [1.29, 1.82) is 0 Å². The summed E-state index contributed by atoms with van der Waals surface area (Å²) in [7, 11) is 0. The number of hydrogen-bond donors (Lipinski definition) is 1. The van der Waals surface area contributed by atoms with Crippen LogP contribution >= 0.6 is 11.6 Å². The molecular formula is C24H27ClN2O3. The molecule has 0 aromatic heterocycles. The van der Waals surface area contributed by atoms with Crippen molar-refractivity contribution in [3.05, 3.63) is 64.3 Å². The molecule has 1 aliphatic heterocycles. The van der Waals surface area contributed by atoms with Gasteiger partial charge in [-0.1, -0.05) is 43.6 Å². The van der Waals surface area contributed by atoms with Gasteiger partial charge in [-0.05, 0) is 62.1 Å². The van der Waals surface area contributed by atoms with E-state index in [1.165, 1.54) is 4.90 Å². The average molecular weight is 427 g/mol. The highest BCUT2D eigenvalue weighted by Crippen LogP contribution is 2.34. The van der Waals surface area contributed by atoms with Gasteiger partial charge in [-0.25, -0.2) is 0 Å². The second-order valence-corrected chi connectivity index (χ2v) is 8.50. The van der Waals surface area contributed by atoms with Crippen molar-refractivity contribution in [2.24, 2.45) is 5.92 Å². The van der Waals surface area contributed by atoms with Crippen LogP contribution in [0.25, 0.3) is 5.57 Å². The molecule has 0 fully saturated rings. The minimum Gasteiger partial charge on any atom is -0.493 e. The van der Waals surface area contributed by atoms with E-state index in [9.17, 15) is 9.59 Å². The summed E-state index contributed by atoms with van der Waals surface area (Å²) in [5, 5.41) is 3.76. The Morgan fingerprint density at radius 3 is 2.27 bits per heavy atom. The summed E-state index contributed by atoms with van der Waals surface area (Å²) in [4.78, 5) is 27.6. The van der Waals surface area contributed by atoms with E-state index in [1.54, 1.807) is 12.1 Å². The van der Waals surface area contributed by atoms with Gasteiger partial charge in [0.1, 0.15) is 11.4 Å². The largest absolute Gasteiger partial charge is 0.493 e. The van der Waals surface area contributed by atoms with Crippen molar-refractivity contribution in [2.45, 2.75) is 40.7 Å². The van der Waals surface area contributed by atoms with Gasteiger partial charge >= 0.3 is 0 Å². The Hall–Kier alpha value is -2.79. The molecule has 5 nitrogen and oxygen atoms in total. The highest BCUT2D eigenvalue weighted by Gasteiger charge is 2.40. The SMILES string of the molecule is Cc1c(Cl)cccc1NC1=C(c2ccc(OCC(C)C)cc2)C(=O)N(C(C)C)C1=O. The fourth-order valence-electron chi connectivity index (χ4n) is 3.26. The molecule has 0 atom stereocenters. The first-order chi connectivity index (χ1) is 14.2. The molecule has 30 heavy (non-hydrogen) atoms. The molecule has 0 radical (unpaired) electrons. The normalized spacial score (nSPS) is 14.3. The number of nitrogens with one attached hydrogen (secondary N) is 1. The van der Waals surface area contributed by atoms with E-state index in [4.69, 9.17) is 16.3 Å². The Balaban J connectivity index is 2.02. The lowest BCUT2D eigenvalue weighted by molar-refractivity contribution is -0.138. The van der Waals surface area contributed by atoms with Crippen LogP contribution < -0.4 is 10.1 Å². The monoisotopic (exact) mass is 426 g/mol. The first-order valence-corrected chi connectivity index (χ1v) is 10.5. The molecule has 0 unspecified atom stereocenters. The van der Waals surface area contributed by atoms with E-state index in [0.29, 0.717) is 34.4 Å². The van der Waals surface area contributed by atoms with Crippen LogP contribution in [0, 0.1) is 12.8 Å². The maximum atomic E-state index is 13.2. The molecule has 1 N–H and O–H groups in total. The van der Waals surface area contributed by atoms with E-state index in [1.807, 2.05) is 51.1 Å². The summed E-state index contributed by atoms with van der Waals surface area (Å²) in [6, 6.07) is 12.4. The van der Waals surface area contributed by atoms with Crippen LogP contribution in [0.2, 0.25) is 5.02 Å². The molecule has 0 bridgehead atoms. The average Bonchev–Trinajstić information content (AvgIpc) is 2.94. The molecule has 0 saturated carbocycles. The van der Waals surface area contributed by atoms with Crippen molar-refractivity contribution < 1.29 is 14.3 Å². The maximum absolute atomic E-state index is 13.2. The van der Waals surface area contributed by atoms with Gasteiger partial charge in [0.05, 0.1) is 12.2 Å². The number of hydrogen-bond acceptors (Lipinski definition) is 4. The van der Waals surface area contributed by atoms with Crippen molar-refractivity contribution in [3.8, 4) is 5.75 Å². The van der Waals surface area contributed by atoms with Gasteiger partial charge in [0.2, 0.25) is 0 Å². The number of amides is 2. The van der Waals surface area contributed by atoms with Crippen molar-refractivity contribution in [1.82, 2.24) is 4.90 Å². The molecule has 0 saturated heterocycles. The third kappa shape index (κ3) is 4.36. The topological polar surface area (TPSA) is 58.6 Å². The van der Waals surface area contributed by atoms with Crippen LogP contribution in [0.3, 0.4) is 0 Å². The fraction of sp³-hybridized carbons (Fsp3) is 0.333. The highest BCUT2D eigenvalue weighted by atomic mass is 35.5. The van der Waals surface area contributed by atoms with E-state index >= 15 is 0 Å². The minimum atomic E-state index is -0.343. The van der Waals surface area contributed by atoms with Crippen molar-refractivity contribution >= 4 is 34.7 Å². The number of anilines is 1. The number of nitrogens with zero attached hydrogens (tertiary/aromatic N) is 1. The van der Waals surface area contributed by atoms with Gasteiger partial charge in [0, 0.05) is 16.8 Å². The molecule has 2 aromatic carbocycles. The van der Waals surface area contributed by atoms with Gasteiger partial charge in [0.25, 0.3) is 11.8 Å². The van der Waals surface area contributed by atoms with Crippen molar-refractivity contribution in [3.63, 3.8) is 0 Å². The van der Waals surface area contributed by atoms with Crippen molar-refractivity contribution in [2.75, 3.05) is 11.9 Å². The molecular weight excluding hydrogens is 400 g/mol. The Bertz CT molecular complexity index is 994. The first-order valence-electron chi connectivity index (χ1n) is 10.1. The smallest absolute Gasteiger partial charge is 0.278 e. The second-order valence-electron chi connectivity index (χ2n) is 8.09. The first kappa shape index (κ1) is 21.9. The molecule has 0 spiro atoms.